The van der Waals surface area contributed by atoms with E-state index in [0.29, 0.717) is 6.61 Å². The van der Waals surface area contributed by atoms with E-state index in [4.69, 9.17) is 15.6 Å². The van der Waals surface area contributed by atoms with Crippen LogP contribution in [0.25, 0.3) is 0 Å². The zero-order chi connectivity index (χ0) is 8.27. The number of carbonyl (C=O) groups is 1. The van der Waals surface area contributed by atoms with Gasteiger partial charge in [-0.25, -0.2) is 0 Å². The smallest absolute Gasteiger partial charge is 0.304 e. The molecule has 2 atom stereocenters. The molecule has 1 unspecified atom stereocenters. The standard InChI is InChI=1S/C7H13NO3/c8-6(3-7(9)10)5-1-2-11-4-5/h5-6H,1-4,8H2,(H,9,10)/t5?,6-/m0/s1. The summed E-state index contributed by atoms with van der Waals surface area (Å²) in [5, 5.41) is 8.42. The minimum absolute atomic E-state index is 0.0496. The van der Waals surface area contributed by atoms with Crippen LogP contribution < -0.4 is 5.73 Å². The van der Waals surface area contributed by atoms with Crippen molar-refractivity contribution in [2.24, 2.45) is 11.7 Å². The Labute approximate surface area is 65.3 Å². The van der Waals surface area contributed by atoms with Crippen LogP contribution in [0.2, 0.25) is 0 Å². The predicted octanol–water partition coefficient (Wildman–Crippen LogP) is -0.175. The number of hydrogen-bond acceptors (Lipinski definition) is 3. The fraction of sp³-hybridized carbons (Fsp3) is 0.857. The first-order valence-corrected chi connectivity index (χ1v) is 3.75. The summed E-state index contributed by atoms with van der Waals surface area (Å²) < 4.78 is 5.09. The van der Waals surface area contributed by atoms with Gasteiger partial charge in [0.05, 0.1) is 13.0 Å². The Balaban J connectivity index is 2.28. The van der Waals surface area contributed by atoms with Gasteiger partial charge in [-0.2, -0.15) is 0 Å². The molecule has 1 rings (SSSR count). The Morgan fingerprint density at radius 3 is 3.00 bits per heavy atom. The third-order valence-corrected chi connectivity index (χ3v) is 1.98. The molecular weight excluding hydrogens is 146 g/mol. The summed E-state index contributed by atoms with van der Waals surface area (Å²) in [6.07, 6.45) is 0.947. The van der Waals surface area contributed by atoms with Crippen molar-refractivity contribution >= 4 is 5.97 Å². The topological polar surface area (TPSA) is 72.6 Å². The molecule has 1 saturated heterocycles. The summed E-state index contributed by atoms with van der Waals surface area (Å²) in [5.74, 6) is -0.587. The molecule has 3 N–H and O–H groups in total. The van der Waals surface area contributed by atoms with Gasteiger partial charge in [0.2, 0.25) is 0 Å². The highest BCUT2D eigenvalue weighted by atomic mass is 16.5. The van der Waals surface area contributed by atoms with E-state index in [-0.39, 0.29) is 18.4 Å². The van der Waals surface area contributed by atoms with Crippen molar-refractivity contribution in [3.05, 3.63) is 0 Å². The second kappa shape index (κ2) is 3.69. The Morgan fingerprint density at radius 2 is 2.55 bits per heavy atom. The van der Waals surface area contributed by atoms with Gasteiger partial charge in [-0.1, -0.05) is 0 Å². The molecule has 0 aromatic heterocycles. The van der Waals surface area contributed by atoms with Crippen LogP contribution >= 0.6 is 0 Å². The van der Waals surface area contributed by atoms with Crippen LogP contribution in [0, 0.1) is 5.92 Å². The molecule has 0 amide bonds. The Kier molecular flexibility index (Phi) is 2.84. The van der Waals surface area contributed by atoms with Gasteiger partial charge in [-0.05, 0) is 6.42 Å². The molecule has 1 fully saturated rings. The van der Waals surface area contributed by atoms with Gasteiger partial charge in [-0.3, -0.25) is 4.79 Å². The van der Waals surface area contributed by atoms with Crippen molar-refractivity contribution in [3.8, 4) is 0 Å². The molecule has 0 radical (unpaired) electrons. The zero-order valence-electron chi connectivity index (χ0n) is 6.32. The predicted molar refractivity (Wildman–Crippen MR) is 39.2 cm³/mol. The summed E-state index contributed by atoms with van der Waals surface area (Å²) in [4.78, 5) is 10.2. The van der Waals surface area contributed by atoms with E-state index in [9.17, 15) is 4.79 Å². The van der Waals surface area contributed by atoms with Crippen LogP contribution in [-0.4, -0.2) is 30.3 Å². The van der Waals surface area contributed by atoms with Crippen molar-refractivity contribution in [1.82, 2.24) is 0 Å². The van der Waals surface area contributed by atoms with Gasteiger partial charge >= 0.3 is 5.97 Å². The van der Waals surface area contributed by atoms with Crippen LogP contribution in [0.4, 0.5) is 0 Å². The van der Waals surface area contributed by atoms with E-state index in [1.807, 2.05) is 0 Å². The number of rotatable bonds is 3. The molecule has 1 aliphatic rings. The van der Waals surface area contributed by atoms with E-state index in [1.54, 1.807) is 0 Å². The minimum atomic E-state index is -0.829. The normalized spacial score (nSPS) is 26.8. The van der Waals surface area contributed by atoms with E-state index in [1.165, 1.54) is 0 Å². The number of carboxylic acid groups (broad SMARTS) is 1. The Bertz CT molecular complexity index is 143. The fourth-order valence-corrected chi connectivity index (χ4v) is 1.26. The number of ether oxygens (including phenoxy) is 1. The lowest BCUT2D eigenvalue weighted by atomic mass is 9.97. The summed E-state index contributed by atoms with van der Waals surface area (Å²) in [6.45, 7) is 1.34. The molecule has 0 aliphatic carbocycles. The number of hydrogen-bond donors (Lipinski definition) is 2. The average Bonchev–Trinajstić information content (AvgIpc) is 2.35. The van der Waals surface area contributed by atoms with Gasteiger partial charge in [0.15, 0.2) is 0 Å². The van der Waals surface area contributed by atoms with Gasteiger partial charge in [-0.15, -0.1) is 0 Å². The van der Waals surface area contributed by atoms with E-state index in [2.05, 4.69) is 0 Å². The van der Waals surface area contributed by atoms with Gasteiger partial charge < -0.3 is 15.6 Å². The summed E-state index contributed by atoms with van der Waals surface area (Å²) in [7, 11) is 0. The van der Waals surface area contributed by atoms with Crippen molar-refractivity contribution in [1.29, 1.82) is 0 Å². The average molecular weight is 159 g/mol. The molecule has 11 heavy (non-hydrogen) atoms. The van der Waals surface area contributed by atoms with Crippen molar-refractivity contribution in [2.75, 3.05) is 13.2 Å². The Hall–Kier alpha value is -0.610. The Morgan fingerprint density at radius 1 is 1.82 bits per heavy atom. The third kappa shape index (κ3) is 2.48. The minimum Gasteiger partial charge on any atom is -0.481 e. The highest BCUT2D eigenvalue weighted by molar-refractivity contribution is 5.67. The van der Waals surface area contributed by atoms with E-state index >= 15 is 0 Å². The van der Waals surface area contributed by atoms with Crippen LogP contribution in [0.15, 0.2) is 0 Å². The molecule has 1 heterocycles. The first-order chi connectivity index (χ1) is 5.20. The van der Waals surface area contributed by atoms with Crippen LogP contribution in [0.5, 0.6) is 0 Å². The second-order valence-electron chi connectivity index (χ2n) is 2.89. The molecule has 64 valence electrons. The second-order valence-corrected chi connectivity index (χ2v) is 2.89. The lowest BCUT2D eigenvalue weighted by Gasteiger charge is -2.14. The van der Waals surface area contributed by atoms with Gasteiger partial charge in [0.25, 0.3) is 0 Å². The number of nitrogens with two attached hydrogens (primary N) is 1. The largest absolute Gasteiger partial charge is 0.481 e. The number of carboxylic acids is 1. The monoisotopic (exact) mass is 159 g/mol. The molecule has 0 aromatic carbocycles. The zero-order valence-corrected chi connectivity index (χ0v) is 6.32. The molecule has 1 aliphatic heterocycles. The van der Waals surface area contributed by atoms with Gasteiger partial charge in [0, 0.05) is 18.6 Å². The quantitative estimate of drug-likeness (QED) is 0.599. The maximum absolute atomic E-state index is 10.2. The highest BCUT2D eigenvalue weighted by Crippen LogP contribution is 2.16. The van der Waals surface area contributed by atoms with Crippen LogP contribution in [-0.2, 0) is 9.53 Å². The van der Waals surface area contributed by atoms with Crippen molar-refractivity contribution in [3.63, 3.8) is 0 Å². The van der Waals surface area contributed by atoms with Crippen molar-refractivity contribution < 1.29 is 14.6 Å². The molecule has 0 saturated carbocycles. The maximum Gasteiger partial charge on any atom is 0.304 e. The first kappa shape index (κ1) is 8.49. The summed E-state index contributed by atoms with van der Waals surface area (Å²) in [5.41, 5.74) is 5.62. The van der Waals surface area contributed by atoms with Crippen LogP contribution in [0.1, 0.15) is 12.8 Å². The number of aliphatic carboxylic acids is 1. The molecule has 0 spiro atoms. The third-order valence-electron chi connectivity index (χ3n) is 1.98. The van der Waals surface area contributed by atoms with Crippen LogP contribution in [0.3, 0.4) is 0 Å². The maximum atomic E-state index is 10.2. The first-order valence-electron chi connectivity index (χ1n) is 3.75. The highest BCUT2D eigenvalue weighted by Gasteiger charge is 2.24. The lowest BCUT2D eigenvalue weighted by molar-refractivity contribution is -0.137. The van der Waals surface area contributed by atoms with Gasteiger partial charge in [0.1, 0.15) is 0 Å². The SMILES string of the molecule is N[C@@H](CC(=O)O)C1CCOC1. The molecule has 0 bridgehead atoms. The molecule has 4 nitrogen and oxygen atoms in total. The summed E-state index contributed by atoms with van der Waals surface area (Å²) in [6, 6.07) is -0.241. The summed E-state index contributed by atoms with van der Waals surface area (Å²) >= 11 is 0. The lowest BCUT2D eigenvalue weighted by Crippen LogP contribution is -2.32. The molecule has 0 aromatic rings. The van der Waals surface area contributed by atoms with Crippen molar-refractivity contribution in [2.45, 2.75) is 18.9 Å². The molecular formula is C7H13NO3. The van der Waals surface area contributed by atoms with E-state index in [0.717, 1.165) is 13.0 Å². The fourth-order valence-electron chi connectivity index (χ4n) is 1.26. The van der Waals surface area contributed by atoms with E-state index < -0.39 is 5.97 Å². The molecule has 4 heteroatoms.